The van der Waals surface area contributed by atoms with Crippen molar-refractivity contribution in [2.24, 2.45) is 10.9 Å². The summed E-state index contributed by atoms with van der Waals surface area (Å²) in [7, 11) is 4.85. The topological polar surface area (TPSA) is 132 Å². The largest absolute Gasteiger partial charge is 0.497 e. The zero-order chi connectivity index (χ0) is 43.2. The Morgan fingerprint density at radius 2 is 1.13 bits per heavy atom. The Kier molecular flexibility index (Phi) is 12.8. The molecule has 312 valence electrons. The molecular weight excluding hydrogens is 773 g/mol. The number of carbonyl (C=O) groups is 3. The van der Waals surface area contributed by atoms with Crippen LogP contribution in [0, 0.1) is 12.8 Å². The first-order chi connectivity index (χ1) is 29.5. The molecule has 0 bridgehead atoms. The van der Waals surface area contributed by atoms with E-state index in [-0.39, 0.29) is 19.0 Å². The smallest absolute Gasteiger partial charge is 0.320 e. The van der Waals surface area contributed by atoms with Crippen molar-refractivity contribution in [3.8, 4) is 23.0 Å². The second-order valence-electron chi connectivity index (χ2n) is 15.1. The van der Waals surface area contributed by atoms with E-state index >= 15 is 0 Å². The molecule has 0 saturated heterocycles. The molecule has 0 saturated carbocycles. The number of aromatic nitrogens is 1. The third-order valence-corrected chi connectivity index (χ3v) is 11.2. The van der Waals surface area contributed by atoms with Crippen LogP contribution in [0.5, 0.6) is 23.0 Å². The quantitative estimate of drug-likeness (QED) is 0.0979. The van der Waals surface area contributed by atoms with Crippen LogP contribution >= 0.6 is 0 Å². The summed E-state index contributed by atoms with van der Waals surface area (Å²) >= 11 is 0. The van der Waals surface area contributed by atoms with Gasteiger partial charge in [0.25, 0.3) is 0 Å². The van der Waals surface area contributed by atoms with Crippen LogP contribution in [0.2, 0.25) is 0 Å². The highest BCUT2D eigenvalue weighted by Gasteiger charge is 2.27. The number of aryl methyl sites for hydroxylation is 1. The van der Waals surface area contributed by atoms with Crippen molar-refractivity contribution in [3.05, 3.63) is 142 Å². The molecule has 0 amide bonds. The number of carbonyl (C=O) groups excluding carboxylic acids is 3. The zero-order valence-electron chi connectivity index (χ0n) is 35.3. The first kappa shape index (κ1) is 42.1. The summed E-state index contributed by atoms with van der Waals surface area (Å²) in [5, 5.41) is 3.86. The molecule has 7 rings (SSSR count). The predicted molar refractivity (Wildman–Crippen MR) is 234 cm³/mol. The predicted octanol–water partition coefficient (Wildman–Crippen LogP) is 9.63. The highest BCUT2D eigenvalue weighted by Crippen LogP contribution is 2.32. The van der Waals surface area contributed by atoms with Gasteiger partial charge in [-0.2, -0.15) is 0 Å². The fourth-order valence-corrected chi connectivity index (χ4v) is 7.18. The van der Waals surface area contributed by atoms with E-state index in [2.05, 4.69) is 4.98 Å². The number of nitrogens with zero attached hydrogens (tertiary/aromatic N) is 2. The van der Waals surface area contributed by atoms with E-state index in [1.165, 1.54) is 0 Å². The van der Waals surface area contributed by atoms with Crippen molar-refractivity contribution in [2.45, 2.75) is 59.3 Å². The SMILES string of the molecule is COc1ccc2c(c1)C=CC([C@H](C)C(=O)Oc1c(C)ncc(COC(=O)[C@@H](C)c3ccc4cc(OC)ccc4c3)c1COC(=O)[C@@H](C)c1ccc3cc(OC)ccc3c1)=NC2. The maximum atomic E-state index is 13.9. The number of fused-ring (bicyclic) bond motifs is 3. The number of hydrogen-bond acceptors (Lipinski definition) is 11. The van der Waals surface area contributed by atoms with Crippen LogP contribution in [-0.4, -0.2) is 49.9 Å². The number of aliphatic imine (C=N–C) groups is 1. The monoisotopic (exact) mass is 820 g/mol. The molecule has 0 spiro atoms. The summed E-state index contributed by atoms with van der Waals surface area (Å²) in [4.78, 5) is 50.5. The lowest BCUT2D eigenvalue weighted by atomic mass is 9.97. The van der Waals surface area contributed by atoms with Gasteiger partial charge < -0.3 is 28.4 Å². The van der Waals surface area contributed by atoms with E-state index < -0.39 is 35.7 Å². The van der Waals surface area contributed by atoms with Crippen molar-refractivity contribution in [2.75, 3.05) is 21.3 Å². The second kappa shape index (κ2) is 18.5. The van der Waals surface area contributed by atoms with Gasteiger partial charge in [0.15, 0.2) is 5.75 Å². The van der Waals surface area contributed by atoms with Crippen LogP contribution in [0.4, 0.5) is 0 Å². The zero-order valence-corrected chi connectivity index (χ0v) is 35.3. The third-order valence-electron chi connectivity index (χ3n) is 11.2. The lowest BCUT2D eigenvalue weighted by molar-refractivity contribution is -0.148. The van der Waals surface area contributed by atoms with Gasteiger partial charge in [0.05, 0.1) is 51.3 Å². The van der Waals surface area contributed by atoms with Gasteiger partial charge in [0.2, 0.25) is 0 Å². The standard InChI is InChI=1S/C50H48N2O9/c1-29(33-8-10-37-22-42(56-5)16-12-35(37)20-33)48(53)59-27-41-26-51-32(4)47(61-50(55)31(3)46-19-15-39-24-44(58-7)18-14-40(39)25-52-46)45(41)28-60-49(54)30(2)34-9-11-38-23-43(57-6)17-13-36(38)21-34/h8-24,26,29-31H,25,27-28H2,1-7H3/t29-,30-,31-/m0/s1. The average Bonchev–Trinajstić information content (AvgIpc) is 3.51. The second-order valence-corrected chi connectivity index (χ2v) is 15.1. The molecule has 2 heterocycles. The number of benzene rings is 5. The van der Waals surface area contributed by atoms with Crippen LogP contribution in [0.1, 0.15) is 71.7 Å². The van der Waals surface area contributed by atoms with Crippen LogP contribution in [0.15, 0.2) is 108 Å². The van der Waals surface area contributed by atoms with Crippen molar-refractivity contribution in [3.63, 3.8) is 0 Å². The molecule has 0 fully saturated rings. The number of esters is 3. The Morgan fingerprint density at radius 3 is 1.72 bits per heavy atom. The number of rotatable bonds is 14. The van der Waals surface area contributed by atoms with Gasteiger partial charge in [0.1, 0.15) is 30.5 Å². The van der Waals surface area contributed by atoms with Crippen LogP contribution in [-0.2, 0) is 43.6 Å². The normalized spacial score (nSPS) is 13.6. The lowest BCUT2D eigenvalue weighted by Crippen LogP contribution is -2.26. The van der Waals surface area contributed by atoms with Crippen molar-refractivity contribution < 1.29 is 42.8 Å². The van der Waals surface area contributed by atoms with Gasteiger partial charge in [-0.3, -0.25) is 24.4 Å². The third kappa shape index (κ3) is 9.41. The summed E-state index contributed by atoms with van der Waals surface area (Å²) < 4.78 is 34.1. The summed E-state index contributed by atoms with van der Waals surface area (Å²) in [6.07, 6.45) is 5.26. The van der Waals surface area contributed by atoms with Crippen LogP contribution in [0.3, 0.4) is 0 Å². The minimum absolute atomic E-state index is 0.120. The first-order valence-corrected chi connectivity index (χ1v) is 20.0. The molecular formula is C50H48N2O9. The van der Waals surface area contributed by atoms with Crippen molar-refractivity contribution >= 4 is 51.2 Å². The number of pyridine rings is 1. The molecule has 61 heavy (non-hydrogen) atoms. The van der Waals surface area contributed by atoms with E-state index in [1.54, 1.807) is 61.3 Å². The van der Waals surface area contributed by atoms with Gasteiger partial charge in [-0.05, 0) is 114 Å². The lowest BCUT2D eigenvalue weighted by Gasteiger charge is -2.20. The summed E-state index contributed by atoms with van der Waals surface area (Å²) in [5.74, 6) is -1.22. The number of ether oxygens (including phenoxy) is 6. The number of hydrogen-bond donors (Lipinski definition) is 0. The molecule has 1 aromatic heterocycles. The first-order valence-electron chi connectivity index (χ1n) is 20.0. The highest BCUT2D eigenvalue weighted by molar-refractivity contribution is 6.10. The van der Waals surface area contributed by atoms with Gasteiger partial charge in [-0.15, -0.1) is 0 Å². The van der Waals surface area contributed by atoms with Crippen LogP contribution < -0.4 is 18.9 Å². The Bertz CT molecular complexity index is 2700. The van der Waals surface area contributed by atoms with Gasteiger partial charge in [-0.25, -0.2) is 0 Å². The van der Waals surface area contributed by atoms with Gasteiger partial charge in [-0.1, -0.05) is 60.7 Å². The molecule has 1 aliphatic rings. The Hall–Kier alpha value is -7.01. The molecule has 11 heteroatoms. The molecule has 3 atom stereocenters. The Morgan fingerprint density at radius 1 is 0.607 bits per heavy atom. The molecule has 0 unspecified atom stereocenters. The molecule has 0 N–H and O–H groups in total. The molecule has 1 aliphatic heterocycles. The van der Waals surface area contributed by atoms with E-state index in [0.717, 1.165) is 61.0 Å². The summed E-state index contributed by atoms with van der Waals surface area (Å²) in [6.45, 7) is 6.86. The minimum atomic E-state index is -0.763. The van der Waals surface area contributed by atoms with Gasteiger partial charge in [0, 0.05) is 23.0 Å². The highest BCUT2D eigenvalue weighted by atomic mass is 16.6. The molecule has 11 nitrogen and oxygen atoms in total. The Labute approximate surface area is 354 Å². The minimum Gasteiger partial charge on any atom is -0.497 e. The maximum Gasteiger partial charge on any atom is 0.320 e. The van der Waals surface area contributed by atoms with Gasteiger partial charge >= 0.3 is 17.9 Å². The average molecular weight is 821 g/mol. The molecule has 6 aromatic rings. The van der Waals surface area contributed by atoms with E-state index in [4.69, 9.17) is 33.4 Å². The fraction of sp³-hybridized carbons (Fsp3) is 0.260. The van der Waals surface area contributed by atoms with Crippen molar-refractivity contribution in [1.82, 2.24) is 4.98 Å². The van der Waals surface area contributed by atoms with E-state index in [9.17, 15) is 14.4 Å². The van der Waals surface area contributed by atoms with E-state index in [0.29, 0.717) is 29.1 Å². The maximum absolute atomic E-state index is 13.9. The summed E-state index contributed by atoms with van der Waals surface area (Å²) in [5.41, 5.74) is 5.18. The van der Waals surface area contributed by atoms with Crippen molar-refractivity contribution in [1.29, 1.82) is 0 Å². The Balaban J connectivity index is 1.13. The summed E-state index contributed by atoms with van der Waals surface area (Å²) in [6, 6.07) is 28.8. The van der Waals surface area contributed by atoms with Crippen LogP contribution in [0.25, 0.3) is 27.6 Å². The molecule has 0 radical (unpaired) electrons. The molecule has 5 aromatic carbocycles. The number of methoxy groups -OCH3 is 3. The van der Waals surface area contributed by atoms with E-state index in [1.807, 2.05) is 97.1 Å². The fourth-order valence-electron chi connectivity index (χ4n) is 7.18. The molecule has 0 aliphatic carbocycles. The number of allylic oxidation sites excluding steroid dienone is 1.